The molecule has 3 aromatic rings. The fourth-order valence-corrected chi connectivity index (χ4v) is 4.89. The Bertz CT molecular complexity index is 1020. The van der Waals surface area contributed by atoms with Gasteiger partial charge in [-0.2, -0.15) is 0 Å². The Morgan fingerprint density at radius 1 is 1.03 bits per heavy atom. The molecule has 5 rings (SSSR count). The Morgan fingerprint density at radius 3 is 2.81 bits per heavy atom. The van der Waals surface area contributed by atoms with E-state index in [4.69, 9.17) is 0 Å². The standard InChI is InChI=1S/C23H29N7O/c31-23(27-17-6-2-1-3-7-17)28-18-8-4-12-29(14-18)19-9-5-13-30(15-19)22-20-10-11-24-21(20)25-16-26-22/h1-3,6-7,10-11,16,18-19H,4-5,8-9,12-15H2,(H,24,25,26)(H2,27,28,31)/t18-,19?/m1/s1. The van der Waals surface area contributed by atoms with Crippen LogP contribution in [-0.4, -0.2) is 64.1 Å². The second-order valence-corrected chi connectivity index (χ2v) is 8.48. The molecule has 1 aromatic carbocycles. The predicted molar refractivity (Wildman–Crippen MR) is 122 cm³/mol. The Balaban J connectivity index is 1.21. The summed E-state index contributed by atoms with van der Waals surface area (Å²) in [5.74, 6) is 1.02. The van der Waals surface area contributed by atoms with Crippen LogP contribution in [-0.2, 0) is 0 Å². The number of para-hydroxylation sites is 1. The number of aromatic amines is 1. The number of piperidine rings is 2. The first-order valence-electron chi connectivity index (χ1n) is 11.2. The van der Waals surface area contributed by atoms with E-state index in [0.717, 1.165) is 68.0 Å². The van der Waals surface area contributed by atoms with E-state index in [-0.39, 0.29) is 12.1 Å². The molecule has 0 radical (unpaired) electrons. The molecule has 0 bridgehead atoms. The molecule has 2 aromatic heterocycles. The van der Waals surface area contributed by atoms with Gasteiger partial charge in [0.2, 0.25) is 0 Å². The maximum atomic E-state index is 12.4. The van der Waals surface area contributed by atoms with E-state index in [1.165, 1.54) is 6.42 Å². The van der Waals surface area contributed by atoms with Crippen LogP contribution in [0.2, 0.25) is 0 Å². The van der Waals surface area contributed by atoms with E-state index in [0.29, 0.717) is 6.04 Å². The van der Waals surface area contributed by atoms with Gasteiger partial charge in [-0.3, -0.25) is 4.90 Å². The van der Waals surface area contributed by atoms with Crippen molar-refractivity contribution in [2.75, 3.05) is 36.4 Å². The third kappa shape index (κ3) is 4.49. The van der Waals surface area contributed by atoms with Crippen molar-refractivity contribution >= 4 is 28.6 Å². The average Bonchev–Trinajstić information content (AvgIpc) is 3.29. The van der Waals surface area contributed by atoms with Gasteiger partial charge in [-0.1, -0.05) is 18.2 Å². The number of aromatic nitrogens is 3. The number of urea groups is 1. The van der Waals surface area contributed by atoms with Crippen LogP contribution >= 0.6 is 0 Å². The summed E-state index contributed by atoms with van der Waals surface area (Å²) in [6.07, 6.45) is 8.01. The zero-order valence-electron chi connectivity index (χ0n) is 17.6. The van der Waals surface area contributed by atoms with E-state index < -0.39 is 0 Å². The highest BCUT2D eigenvalue weighted by atomic mass is 16.2. The molecule has 2 fully saturated rings. The highest BCUT2D eigenvalue weighted by Crippen LogP contribution is 2.27. The summed E-state index contributed by atoms with van der Waals surface area (Å²) in [7, 11) is 0. The van der Waals surface area contributed by atoms with Crippen LogP contribution in [0.25, 0.3) is 11.0 Å². The van der Waals surface area contributed by atoms with E-state index in [9.17, 15) is 4.79 Å². The van der Waals surface area contributed by atoms with Gasteiger partial charge >= 0.3 is 6.03 Å². The Hall–Kier alpha value is -3.13. The van der Waals surface area contributed by atoms with E-state index >= 15 is 0 Å². The average molecular weight is 420 g/mol. The summed E-state index contributed by atoms with van der Waals surface area (Å²) < 4.78 is 0. The molecule has 3 N–H and O–H groups in total. The number of carbonyl (C=O) groups excluding carboxylic acids is 1. The molecule has 162 valence electrons. The van der Waals surface area contributed by atoms with E-state index in [2.05, 4.69) is 41.5 Å². The molecular formula is C23H29N7O. The number of likely N-dealkylation sites (tertiary alicyclic amines) is 1. The minimum atomic E-state index is -0.126. The summed E-state index contributed by atoms with van der Waals surface area (Å²) in [6, 6.07) is 12.2. The largest absolute Gasteiger partial charge is 0.354 e. The number of carbonyl (C=O) groups is 1. The molecule has 8 nitrogen and oxygen atoms in total. The van der Waals surface area contributed by atoms with Gasteiger partial charge in [-0.25, -0.2) is 14.8 Å². The summed E-state index contributed by atoms with van der Waals surface area (Å²) in [5.41, 5.74) is 1.70. The molecule has 4 heterocycles. The SMILES string of the molecule is O=C(Nc1ccccc1)N[C@@H]1CCCN(C2CCCN(c3ncnc4[nH]ccc34)C2)C1. The number of nitrogens with one attached hydrogen (secondary N) is 3. The van der Waals surface area contributed by atoms with Crippen molar-refractivity contribution in [3.63, 3.8) is 0 Å². The number of H-pyrrole nitrogens is 1. The lowest BCUT2D eigenvalue weighted by atomic mass is 9.98. The minimum absolute atomic E-state index is 0.126. The summed E-state index contributed by atoms with van der Waals surface area (Å²) >= 11 is 0. The summed E-state index contributed by atoms with van der Waals surface area (Å²) in [6.45, 7) is 3.95. The molecule has 0 aliphatic carbocycles. The molecule has 0 spiro atoms. The monoisotopic (exact) mass is 419 g/mol. The van der Waals surface area contributed by atoms with Crippen LogP contribution in [0.15, 0.2) is 48.9 Å². The Morgan fingerprint density at radius 2 is 1.90 bits per heavy atom. The van der Waals surface area contributed by atoms with Crippen molar-refractivity contribution in [1.29, 1.82) is 0 Å². The molecule has 1 unspecified atom stereocenters. The summed E-state index contributed by atoms with van der Waals surface area (Å²) in [5, 5.41) is 7.18. The molecule has 2 amide bonds. The maximum absolute atomic E-state index is 12.4. The lowest BCUT2D eigenvalue weighted by Crippen LogP contribution is -2.55. The van der Waals surface area contributed by atoms with Gasteiger partial charge in [0.15, 0.2) is 0 Å². The molecule has 0 saturated carbocycles. The normalized spacial score (nSPS) is 22.4. The lowest BCUT2D eigenvalue weighted by Gasteiger charge is -2.43. The van der Waals surface area contributed by atoms with Crippen LogP contribution in [0.4, 0.5) is 16.3 Å². The van der Waals surface area contributed by atoms with Gasteiger partial charge in [0.25, 0.3) is 0 Å². The van der Waals surface area contributed by atoms with Crippen LogP contribution < -0.4 is 15.5 Å². The number of rotatable bonds is 4. The number of benzene rings is 1. The van der Waals surface area contributed by atoms with Gasteiger partial charge in [-0.15, -0.1) is 0 Å². The van der Waals surface area contributed by atoms with Gasteiger partial charge < -0.3 is 20.5 Å². The predicted octanol–water partition coefficient (Wildman–Crippen LogP) is 3.21. The quantitative estimate of drug-likeness (QED) is 0.604. The number of amides is 2. The highest BCUT2D eigenvalue weighted by molar-refractivity contribution is 5.89. The summed E-state index contributed by atoms with van der Waals surface area (Å²) in [4.78, 5) is 29.5. The zero-order valence-corrected chi connectivity index (χ0v) is 17.6. The van der Waals surface area contributed by atoms with E-state index in [1.54, 1.807) is 6.33 Å². The Labute approximate surface area is 182 Å². The van der Waals surface area contributed by atoms with Crippen LogP contribution in [0.1, 0.15) is 25.7 Å². The van der Waals surface area contributed by atoms with Crippen LogP contribution in [0, 0.1) is 0 Å². The smallest absolute Gasteiger partial charge is 0.319 e. The number of hydrogen-bond acceptors (Lipinski definition) is 5. The topological polar surface area (TPSA) is 89.2 Å². The second kappa shape index (κ2) is 8.93. The van der Waals surface area contributed by atoms with Crippen LogP contribution in [0.3, 0.4) is 0 Å². The van der Waals surface area contributed by atoms with E-state index in [1.807, 2.05) is 36.5 Å². The van der Waals surface area contributed by atoms with Crippen molar-refractivity contribution in [3.05, 3.63) is 48.9 Å². The third-order valence-corrected chi connectivity index (χ3v) is 6.37. The maximum Gasteiger partial charge on any atom is 0.319 e. The number of fused-ring (bicyclic) bond motifs is 1. The molecule has 31 heavy (non-hydrogen) atoms. The second-order valence-electron chi connectivity index (χ2n) is 8.48. The van der Waals surface area contributed by atoms with Gasteiger partial charge in [0.05, 0.1) is 5.39 Å². The van der Waals surface area contributed by atoms with Gasteiger partial charge in [0.1, 0.15) is 17.8 Å². The molecular weight excluding hydrogens is 390 g/mol. The first kappa shape index (κ1) is 19.8. The first-order chi connectivity index (χ1) is 15.3. The number of nitrogens with zero attached hydrogens (tertiary/aromatic N) is 4. The molecule has 2 aliphatic heterocycles. The zero-order chi connectivity index (χ0) is 21.0. The molecule has 2 atom stereocenters. The molecule has 2 saturated heterocycles. The van der Waals surface area contributed by atoms with Crippen molar-refractivity contribution in [1.82, 2.24) is 25.2 Å². The first-order valence-corrected chi connectivity index (χ1v) is 11.2. The van der Waals surface area contributed by atoms with Crippen molar-refractivity contribution < 1.29 is 4.79 Å². The fourth-order valence-electron chi connectivity index (χ4n) is 4.89. The highest BCUT2D eigenvalue weighted by Gasteiger charge is 2.31. The number of hydrogen-bond donors (Lipinski definition) is 3. The fraction of sp³-hybridized carbons (Fsp3) is 0.435. The molecule has 2 aliphatic rings. The van der Waals surface area contributed by atoms with Crippen molar-refractivity contribution in [2.24, 2.45) is 0 Å². The molecule has 8 heteroatoms. The van der Waals surface area contributed by atoms with Gasteiger partial charge in [-0.05, 0) is 50.4 Å². The van der Waals surface area contributed by atoms with Crippen molar-refractivity contribution in [2.45, 2.75) is 37.8 Å². The number of anilines is 2. The lowest BCUT2D eigenvalue weighted by molar-refractivity contribution is 0.126. The van der Waals surface area contributed by atoms with Gasteiger partial charge in [0, 0.05) is 43.6 Å². The van der Waals surface area contributed by atoms with Crippen molar-refractivity contribution in [3.8, 4) is 0 Å². The Kier molecular flexibility index (Phi) is 5.71. The van der Waals surface area contributed by atoms with Crippen LogP contribution in [0.5, 0.6) is 0 Å². The third-order valence-electron chi connectivity index (χ3n) is 6.37. The minimum Gasteiger partial charge on any atom is -0.354 e.